The van der Waals surface area contributed by atoms with Gasteiger partial charge in [0.15, 0.2) is 5.58 Å². The van der Waals surface area contributed by atoms with Crippen molar-refractivity contribution < 1.29 is 18.7 Å². The van der Waals surface area contributed by atoms with E-state index in [0.717, 1.165) is 24.2 Å². The molecule has 1 amide bonds. The fourth-order valence-corrected chi connectivity index (χ4v) is 4.22. The van der Waals surface area contributed by atoms with E-state index in [9.17, 15) is 10.1 Å². The van der Waals surface area contributed by atoms with Gasteiger partial charge >= 0.3 is 0 Å². The van der Waals surface area contributed by atoms with Gasteiger partial charge in [0.1, 0.15) is 40.6 Å². The van der Waals surface area contributed by atoms with Crippen molar-refractivity contribution in [1.29, 1.82) is 5.26 Å². The van der Waals surface area contributed by atoms with Crippen LogP contribution in [0.5, 0.6) is 11.5 Å². The number of furan rings is 1. The predicted octanol–water partition coefficient (Wildman–Crippen LogP) is 3.83. The molecule has 0 atom stereocenters. The highest BCUT2D eigenvalue weighted by Crippen LogP contribution is 2.38. The third-order valence-electron chi connectivity index (χ3n) is 6.12. The molecule has 5 rings (SSSR count). The fraction of sp³-hybridized carbons (Fsp3) is 0.259. The first-order valence-corrected chi connectivity index (χ1v) is 11.4. The molecule has 4 aromatic rings. The minimum Gasteiger partial charge on any atom is -0.496 e. The number of rotatable bonds is 6. The molecule has 0 bridgehead atoms. The number of ether oxygens (including phenoxy) is 2. The number of hydrogen-bond donors (Lipinski definition) is 0. The van der Waals surface area contributed by atoms with Crippen LogP contribution in [0.3, 0.4) is 0 Å². The standard InChI is InChI=1S/C27H25N5O4/c1-31(2)27(33)22-11-24(34-4)20(13-30-22)25-10-21-26(36-25)19(7-8-29-21)16-5-6-23(17(9-16)12-28)35-18-14-32(3)15-18/h5-11,13,18H,14-15H2,1-4H3. The maximum absolute atomic E-state index is 12.3. The van der Waals surface area contributed by atoms with Gasteiger partial charge < -0.3 is 18.8 Å². The van der Waals surface area contributed by atoms with Crippen LogP contribution in [0.1, 0.15) is 16.1 Å². The molecule has 9 nitrogen and oxygen atoms in total. The topological polar surface area (TPSA) is 105 Å². The van der Waals surface area contributed by atoms with E-state index in [4.69, 9.17) is 13.9 Å². The monoisotopic (exact) mass is 483 g/mol. The van der Waals surface area contributed by atoms with Crippen molar-refractivity contribution in [3.8, 4) is 40.0 Å². The summed E-state index contributed by atoms with van der Waals surface area (Å²) in [5.41, 5.74) is 4.17. The Labute approximate surface area is 208 Å². The van der Waals surface area contributed by atoms with E-state index in [1.165, 1.54) is 12.0 Å². The molecule has 1 saturated heterocycles. The molecule has 0 N–H and O–H groups in total. The molecule has 0 unspecified atom stereocenters. The second-order valence-corrected chi connectivity index (χ2v) is 8.94. The van der Waals surface area contributed by atoms with Crippen LogP contribution in [0.4, 0.5) is 0 Å². The van der Waals surface area contributed by atoms with Crippen molar-refractivity contribution in [3.05, 3.63) is 60.0 Å². The van der Waals surface area contributed by atoms with E-state index < -0.39 is 0 Å². The van der Waals surface area contributed by atoms with E-state index in [1.807, 2.05) is 31.3 Å². The second kappa shape index (κ2) is 9.32. The summed E-state index contributed by atoms with van der Waals surface area (Å²) in [5.74, 6) is 1.32. The lowest BCUT2D eigenvalue weighted by molar-refractivity contribution is 0.0386. The van der Waals surface area contributed by atoms with Crippen LogP contribution in [0.2, 0.25) is 0 Å². The Bertz CT molecular complexity index is 1500. The van der Waals surface area contributed by atoms with Gasteiger partial charge in [0, 0.05) is 57.3 Å². The fourth-order valence-electron chi connectivity index (χ4n) is 4.22. The highest BCUT2D eigenvalue weighted by atomic mass is 16.5. The molecule has 1 fully saturated rings. The summed E-state index contributed by atoms with van der Waals surface area (Å²) in [7, 11) is 6.89. The van der Waals surface area contributed by atoms with Gasteiger partial charge in [-0.2, -0.15) is 5.26 Å². The number of benzene rings is 1. The molecule has 36 heavy (non-hydrogen) atoms. The number of likely N-dealkylation sites (tertiary alicyclic amines) is 1. The van der Waals surface area contributed by atoms with Gasteiger partial charge in [0.2, 0.25) is 0 Å². The molecule has 0 aliphatic carbocycles. The van der Waals surface area contributed by atoms with Crippen molar-refractivity contribution in [1.82, 2.24) is 19.8 Å². The molecule has 1 aliphatic rings. The van der Waals surface area contributed by atoms with Gasteiger partial charge in [-0.05, 0) is 30.8 Å². The molecule has 0 saturated carbocycles. The van der Waals surface area contributed by atoms with Gasteiger partial charge in [-0.1, -0.05) is 6.07 Å². The number of pyridine rings is 2. The number of amides is 1. The molecular formula is C27H25N5O4. The lowest BCUT2D eigenvalue weighted by Crippen LogP contribution is -2.51. The summed E-state index contributed by atoms with van der Waals surface area (Å²) >= 11 is 0. The average Bonchev–Trinajstić information content (AvgIpc) is 3.31. The lowest BCUT2D eigenvalue weighted by Gasteiger charge is -2.36. The number of nitriles is 1. The zero-order chi connectivity index (χ0) is 25.4. The zero-order valence-corrected chi connectivity index (χ0v) is 20.5. The van der Waals surface area contributed by atoms with E-state index in [-0.39, 0.29) is 17.7 Å². The quantitative estimate of drug-likeness (QED) is 0.408. The van der Waals surface area contributed by atoms with Crippen molar-refractivity contribution in [2.24, 2.45) is 0 Å². The van der Waals surface area contributed by atoms with Gasteiger partial charge in [-0.15, -0.1) is 0 Å². The maximum atomic E-state index is 12.3. The van der Waals surface area contributed by atoms with Gasteiger partial charge in [-0.25, -0.2) is 0 Å². The largest absolute Gasteiger partial charge is 0.496 e. The van der Waals surface area contributed by atoms with Crippen molar-refractivity contribution >= 4 is 17.0 Å². The van der Waals surface area contributed by atoms with E-state index in [0.29, 0.717) is 39.5 Å². The van der Waals surface area contributed by atoms with Gasteiger partial charge in [-0.3, -0.25) is 19.7 Å². The SMILES string of the molecule is COc1cc(C(=O)N(C)C)ncc1-c1cc2nccc(-c3ccc(OC4CN(C)C4)c(C#N)c3)c2o1. The highest BCUT2D eigenvalue weighted by molar-refractivity contribution is 5.95. The molecule has 3 aromatic heterocycles. The molecule has 1 aliphatic heterocycles. The molecule has 182 valence electrons. The Kier molecular flexibility index (Phi) is 6.04. The van der Waals surface area contributed by atoms with Gasteiger partial charge in [0.25, 0.3) is 5.91 Å². The predicted molar refractivity (Wildman–Crippen MR) is 134 cm³/mol. The third-order valence-corrected chi connectivity index (χ3v) is 6.12. The first-order chi connectivity index (χ1) is 17.4. The maximum Gasteiger partial charge on any atom is 0.272 e. The zero-order valence-electron chi connectivity index (χ0n) is 20.5. The van der Waals surface area contributed by atoms with Crippen LogP contribution in [0.15, 0.2) is 53.2 Å². The lowest BCUT2D eigenvalue weighted by atomic mass is 10.0. The first-order valence-electron chi connectivity index (χ1n) is 11.4. The van der Waals surface area contributed by atoms with Crippen LogP contribution >= 0.6 is 0 Å². The van der Waals surface area contributed by atoms with Crippen molar-refractivity contribution in [2.75, 3.05) is 41.3 Å². The summed E-state index contributed by atoms with van der Waals surface area (Å²) in [6.45, 7) is 1.69. The van der Waals surface area contributed by atoms with Crippen LogP contribution in [-0.2, 0) is 0 Å². The first kappa shape index (κ1) is 23.3. The highest BCUT2D eigenvalue weighted by Gasteiger charge is 2.26. The van der Waals surface area contributed by atoms with Crippen LogP contribution < -0.4 is 9.47 Å². The number of carbonyl (C=O) groups excluding carboxylic acids is 1. The molecule has 0 radical (unpaired) electrons. The van der Waals surface area contributed by atoms with Crippen LogP contribution in [0.25, 0.3) is 33.6 Å². The Balaban J connectivity index is 1.52. The number of likely N-dealkylation sites (N-methyl/N-ethyl adjacent to an activating group) is 1. The minimum absolute atomic E-state index is 0.0937. The normalized spacial score (nSPS) is 13.8. The van der Waals surface area contributed by atoms with E-state index >= 15 is 0 Å². The number of nitrogens with zero attached hydrogens (tertiary/aromatic N) is 5. The number of hydrogen-bond acceptors (Lipinski definition) is 8. The molecule has 4 heterocycles. The molecule has 0 spiro atoms. The third kappa shape index (κ3) is 4.23. The summed E-state index contributed by atoms with van der Waals surface area (Å²) in [6.07, 6.45) is 3.35. The Morgan fingerprint density at radius 2 is 1.94 bits per heavy atom. The van der Waals surface area contributed by atoms with E-state index in [1.54, 1.807) is 38.6 Å². The minimum atomic E-state index is -0.224. The molecule has 1 aromatic carbocycles. The molecular weight excluding hydrogens is 458 g/mol. The summed E-state index contributed by atoms with van der Waals surface area (Å²) in [6, 6.07) is 13.0. The second-order valence-electron chi connectivity index (χ2n) is 8.94. The summed E-state index contributed by atoms with van der Waals surface area (Å²) < 4.78 is 17.8. The van der Waals surface area contributed by atoms with Crippen molar-refractivity contribution in [2.45, 2.75) is 6.10 Å². The Hall–Kier alpha value is -4.42. The van der Waals surface area contributed by atoms with Crippen LogP contribution in [-0.4, -0.2) is 73.1 Å². The van der Waals surface area contributed by atoms with Gasteiger partial charge in [0.05, 0.1) is 18.2 Å². The Morgan fingerprint density at radius 1 is 1.14 bits per heavy atom. The number of carbonyl (C=O) groups is 1. The number of aromatic nitrogens is 2. The number of methoxy groups -OCH3 is 1. The summed E-state index contributed by atoms with van der Waals surface area (Å²) in [4.78, 5) is 24.7. The van der Waals surface area contributed by atoms with Crippen molar-refractivity contribution in [3.63, 3.8) is 0 Å². The average molecular weight is 484 g/mol. The van der Waals surface area contributed by atoms with Crippen LogP contribution in [0, 0.1) is 11.3 Å². The smallest absolute Gasteiger partial charge is 0.272 e. The summed E-state index contributed by atoms with van der Waals surface area (Å²) in [5, 5.41) is 9.74. The molecule has 9 heteroatoms. The van der Waals surface area contributed by atoms with E-state index in [2.05, 4.69) is 20.9 Å². The Morgan fingerprint density at radius 3 is 2.64 bits per heavy atom. The number of fused-ring (bicyclic) bond motifs is 1.